The molecule has 0 aliphatic heterocycles. The Hall–Kier alpha value is -9.88. The topological polar surface area (TPSA) is 0 Å². The third kappa shape index (κ3) is 52.8. The van der Waals surface area contributed by atoms with Crippen LogP contribution in [0.1, 0.15) is 372 Å². The Morgan fingerprint density at radius 2 is 0.455 bits per heavy atom. The second kappa shape index (κ2) is 93.5. The zero-order valence-corrected chi connectivity index (χ0v) is 92.1. The van der Waals surface area contributed by atoms with Gasteiger partial charge >= 0.3 is 0 Å². The number of benzene rings is 13. The molecule has 3 fully saturated rings. The van der Waals surface area contributed by atoms with Crippen LogP contribution in [0, 0.1) is 29.6 Å². The predicted molar refractivity (Wildman–Crippen MR) is 626 cm³/mol. The molecular weight excluding hydrogens is 1610 g/mol. The average molecular weight is 1810 g/mol. The molecule has 736 valence electrons. The van der Waals surface area contributed by atoms with E-state index >= 15 is 0 Å². The fourth-order valence-electron chi connectivity index (χ4n) is 15.4. The van der Waals surface area contributed by atoms with Crippen LogP contribution in [0.4, 0.5) is 0 Å². The highest BCUT2D eigenvalue weighted by atomic mass is 14.3. The van der Waals surface area contributed by atoms with Crippen LogP contribution >= 0.6 is 0 Å². The van der Waals surface area contributed by atoms with Crippen molar-refractivity contribution in [2.75, 3.05) is 0 Å². The molecular formula is C134H200. The van der Waals surface area contributed by atoms with Gasteiger partial charge in [0.2, 0.25) is 0 Å². The van der Waals surface area contributed by atoms with Gasteiger partial charge in [0.1, 0.15) is 0 Å². The molecule has 0 heterocycles. The SMILES string of the molecule is C1=CC2CCCCC2C=C1.C1=CC2CCCCC2c2ccccc21.C1=c2ccccc2=CC2CCCCC12.CC.CC.CC.CC.CC.CC.CC.CC.CC.CCC.CCC.CCC.CCC.CCC.CCC.CCC.c1ccc2c(c1)Cc1ccccc1-2.c1ccc2c(c1)ccc1ccccc12.c1ccc2cc3ccccc3cc2c1.c1ccc2ccccc2c1.c1ccccc1. The van der Waals surface area contributed by atoms with E-state index in [9.17, 15) is 0 Å². The van der Waals surface area contributed by atoms with Crippen LogP contribution < -0.4 is 10.4 Å². The number of hydrogen-bond donors (Lipinski definition) is 0. The van der Waals surface area contributed by atoms with Crippen molar-refractivity contribution in [3.05, 3.63) is 366 Å². The first kappa shape index (κ1) is 130. The molecule has 3 saturated carbocycles. The summed E-state index contributed by atoms with van der Waals surface area (Å²) in [7, 11) is 0. The van der Waals surface area contributed by atoms with Crippen LogP contribution in [0.25, 0.3) is 83.2 Å². The van der Waals surface area contributed by atoms with Gasteiger partial charge in [-0.05, 0) is 190 Å². The minimum atomic E-state index is 0.824. The number of hydrogen-bond acceptors (Lipinski definition) is 0. The van der Waals surface area contributed by atoms with E-state index < -0.39 is 0 Å². The molecule has 20 rings (SSSR count). The molecule has 13 aromatic rings. The summed E-state index contributed by atoms with van der Waals surface area (Å²) in [6.45, 7) is 65.8. The van der Waals surface area contributed by atoms with Gasteiger partial charge in [-0.15, -0.1) is 0 Å². The fraction of sp³-hybridized carbons (Fsp3) is 0.433. The van der Waals surface area contributed by atoms with Gasteiger partial charge in [-0.2, -0.15) is 0 Å². The summed E-state index contributed by atoms with van der Waals surface area (Å²) >= 11 is 0. The minimum absolute atomic E-state index is 0.824. The first-order valence-corrected chi connectivity index (χ1v) is 54.3. The van der Waals surface area contributed by atoms with Gasteiger partial charge in [0, 0.05) is 0 Å². The van der Waals surface area contributed by atoms with Crippen molar-refractivity contribution in [1.82, 2.24) is 0 Å². The number of allylic oxidation sites excluding steroid dienone is 5. The summed E-state index contributed by atoms with van der Waals surface area (Å²) in [5.41, 5.74) is 8.80. The quantitative estimate of drug-likeness (QED) is 0.105. The molecule has 13 aromatic carbocycles. The fourth-order valence-corrected chi connectivity index (χ4v) is 15.4. The van der Waals surface area contributed by atoms with E-state index in [0.29, 0.717) is 0 Å². The van der Waals surface area contributed by atoms with Crippen molar-refractivity contribution >= 4 is 72.1 Å². The number of fused-ring (bicyclic) bond motifs is 15. The molecule has 0 heteroatoms. The van der Waals surface area contributed by atoms with Crippen LogP contribution in [0.2, 0.25) is 0 Å². The first-order valence-electron chi connectivity index (χ1n) is 54.3. The third-order valence-electron chi connectivity index (χ3n) is 20.4. The summed E-state index contributed by atoms with van der Waals surface area (Å²) < 4.78 is 0. The zero-order chi connectivity index (χ0) is 101. The molecule has 134 heavy (non-hydrogen) atoms. The highest BCUT2D eigenvalue weighted by Crippen LogP contribution is 2.43. The Labute approximate surface area is 829 Å². The van der Waals surface area contributed by atoms with Gasteiger partial charge in [0.15, 0.2) is 0 Å². The zero-order valence-electron chi connectivity index (χ0n) is 92.1. The smallest absolute Gasteiger partial charge is 0.00135 e. The third-order valence-corrected chi connectivity index (χ3v) is 20.4. The summed E-state index contributed by atoms with van der Waals surface area (Å²) in [4.78, 5) is 0. The van der Waals surface area contributed by atoms with Crippen molar-refractivity contribution < 1.29 is 0 Å². The second-order valence-electron chi connectivity index (χ2n) is 31.5. The van der Waals surface area contributed by atoms with Gasteiger partial charge < -0.3 is 0 Å². The van der Waals surface area contributed by atoms with Crippen molar-refractivity contribution in [1.29, 1.82) is 0 Å². The van der Waals surface area contributed by atoms with E-state index in [-0.39, 0.29) is 0 Å². The molecule has 7 aliphatic carbocycles. The molecule has 0 radical (unpaired) electrons. The maximum Gasteiger partial charge on any atom is -0.00135 e. The summed E-state index contributed by atoms with van der Waals surface area (Å²) in [6, 6.07) is 106. The normalized spacial score (nSPS) is 14.9. The lowest BCUT2D eigenvalue weighted by atomic mass is 9.71. The van der Waals surface area contributed by atoms with Gasteiger partial charge in [-0.3, -0.25) is 0 Å². The Bertz CT molecular complexity index is 4570. The van der Waals surface area contributed by atoms with Crippen molar-refractivity contribution in [3.63, 3.8) is 0 Å². The van der Waals surface area contributed by atoms with E-state index in [2.05, 4.69) is 412 Å². The molecule has 0 spiro atoms. The highest BCUT2D eigenvalue weighted by molar-refractivity contribution is 6.07. The molecule has 6 unspecified atom stereocenters. The van der Waals surface area contributed by atoms with Crippen LogP contribution in [0.15, 0.2) is 334 Å². The lowest BCUT2D eigenvalue weighted by molar-refractivity contribution is 0.335. The van der Waals surface area contributed by atoms with Gasteiger partial charge in [-0.25, -0.2) is 0 Å². The Balaban J connectivity index is -0.000000687. The van der Waals surface area contributed by atoms with E-state index in [1.807, 2.05) is 161 Å². The number of rotatable bonds is 0. The highest BCUT2D eigenvalue weighted by Gasteiger charge is 2.28. The molecule has 7 aliphatic rings. The van der Waals surface area contributed by atoms with Gasteiger partial charge in [0.05, 0.1) is 0 Å². The van der Waals surface area contributed by atoms with Crippen LogP contribution in [0.3, 0.4) is 0 Å². The maximum atomic E-state index is 2.50. The first-order chi connectivity index (χ1) is 66.0. The summed E-state index contributed by atoms with van der Waals surface area (Å²) in [6.07, 6.45) is 45.8. The minimum Gasteiger partial charge on any atom is -0.0808 e. The van der Waals surface area contributed by atoms with Crippen LogP contribution in [-0.4, -0.2) is 0 Å². The molecule has 0 nitrogen and oxygen atoms in total. The van der Waals surface area contributed by atoms with E-state index in [1.54, 1.807) is 5.56 Å². The van der Waals surface area contributed by atoms with Gasteiger partial charge in [-0.1, -0.05) is 645 Å². The summed E-state index contributed by atoms with van der Waals surface area (Å²) in [5.74, 6) is 5.10. The van der Waals surface area contributed by atoms with Crippen LogP contribution in [0.5, 0.6) is 0 Å². The van der Waals surface area contributed by atoms with E-state index in [4.69, 9.17) is 0 Å². The standard InChI is InChI=1S/C14H16.C14H10.C14H16.C14H10.C13H10.C10H14.C10H8.C6H6.7C3H8.9C2H6/c2*1-3-7-13-11(5-1)9-10-12-6-2-4-8-14(12)13;2*1-2-6-12-10-14-8-4-3-7-13(14)9-11(12)5-1;1-3-7-12-10(5-1)9-11-6-2-4-8-13(11)12;2*1-2-6-10-8-4-3-7-9(10)5-1;1-2-4-6-5-3-1;7*1-3-2;9*1-2/h1,3,5,7,9-10,12,14H,2,4,6,8H2;1-10H;1-2,5-6,9-10,13-14H,3-4,7-8H2;1-10H;1-8H,9H2;1-2,5-6,9-10H,3-4,7-8H2;1-8H;1-6H;7*3H2,1-2H3;9*1-2H3. The molecule has 0 aromatic heterocycles. The van der Waals surface area contributed by atoms with Crippen molar-refractivity contribution in [3.8, 4) is 11.1 Å². The monoisotopic (exact) mass is 1810 g/mol. The molecule has 0 bridgehead atoms. The maximum absolute atomic E-state index is 2.50. The predicted octanol–water partition coefficient (Wildman–Crippen LogP) is 43.9. The Morgan fingerprint density at radius 1 is 0.209 bits per heavy atom. The lowest BCUT2D eigenvalue weighted by Crippen LogP contribution is -2.33. The van der Waals surface area contributed by atoms with E-state index in [0.717, 1.165) is 41.9 Å². The van der Waals surface area contributed by atoms with Crippen LogP contribution in [-0.2, 0) is 6.42 Å². The Morgan fingerprint density at radius 3 is 0.784 bits per heavy atom. The average Bonchev–Trinajstić information content (AvgIpc) is 1.65. The molecule has 0 saturated heterocycles. The molecule has 0 N–H and O–H groups in total. The van der Waals surface area contributed by atoms with Crippen molar-refractivity contribution in [2.24, 2.45) is 29.6 Å². The molecule has 6 atom stereocenters. The van der Waals surface area contributed by atoms with Gasteiger partial charge in [0.25, 0.3) is 0 Å². The second-order valence-corrected chi connectivity index (χ2v) is 31.5. The largest absolute Gasteiger partial charge is 0.0808 e. The Kier molecular flexibility index (Phi) is 91.0. The lowest BCUT2D eigenvalue weighted by Gasteiger charge is -2.33. The van der Waals surface area contributed by atoms with E-state index in [1.165, 1.54) is 214 Å². The van der Waals surface area contributed by atoms with Crippen molar-refractivity contribution in [2.45, 2.75) is 356 Å². The summed E-state index contributed by atoms with van der Waals surface area (Å²) in [5, 5.41) is 16.1. The molecule has 0 amide bonds.